The molecule has 13 heavy (non-hydrogen) atoms. The van der Waals surface area contributed by atoms with Crippen molar-refractivity contribution in [1.82, 2.24) is 0 Å². The SMILES string of the molecule is CCc1ccc(C(F)(F)F)c(F)c1. The molecule has 72 valence electrons. The van der Waals surface area contributed by atoms with Crippen LogP contribution in [0.25, 0.3) is 0 Å². The number of hydrogen-bond donors (Lipinski definition) is 0. The molecular weight excluding hydrogens is 184 g/mol. The number of alkyl halides is 3. The summed E-state index contributed by atoms with van der Waals surface area (Å²) in [5.74, 6) is -1.20. The molecule has 1 aromatic rings. The highest BCUT2D eigenvalue weighted by molar-refractivity contribution is 5.26. The highest BCUT2D eigenvalue weighted by Crippen LogP contribution is 2.31. The van der Waals surface area contributed by atoms with Gasteiger partial charge in [-0.1, -0.05) is 13.0 Å². The van der Waals surface area contributed by atoms with Gasteiger partial charge in [0.2, 0.25) is 0 Å². The first-order chi connectivity index (χ1) is 5.95. The van der Waals surface area contributed by atoms with Crippen molar-refractivity contribution >= 4 is 0 Å². The van der Waals surface area contributed by atoms with Gasteiger partial charge in [0.05, 0.1) is 5.56 Å². The van der Waals surface area contributed by atoms with Crippen LogP contribution in [0.4, 0.5) is 17.6 Å². The Balaban J connectivity index is 3.13. The van der Waals surface area contributed by atoms with E-state index in [2.05, 4.69) is 0 Å². The van der Waals surface area contributed by atoms with Crippen molar-refractivity contribution in [3.8, 4) is 0 Å². The Labute approximate surface area is 73.2 Å². The van der Waals surface area contributed by atoms with E-state index in [4.69, 9.17) is 0 Å². The van der Waals surface area contributed by atoms with Crippen molar-refractivity contribution in [1.29, 1.82) is 0 Å². The molecule has 1 rings (SSSR count). The van der Waals surface area contributed by atoms with Crippen LogP contribution in [0.1, 0.15) is 18.1 Å². The van der Waals surface area contributed by atoms with Crippen LogP contribution in [0.15, 0.2) is 18.2 Å². The molecule has 0 spiro atoms. The second-order valence-electron chi connectivity index (χ2n) is 2.67. The van der Waals surface area contributed by atoms with Crippen LogP contribution in [0.2, 0.25) is 0 Å². The highest BCUT2D eigenvalue weighted by atomic mass is 19.4. The van der Waals surface area contributed by atoms with Crippen molar-refractivity contribution in [2.24, 2.45) is 0 Å². The molecule has 0 aliphatic rings. The molecule has 0 atom stereocenters. The Morgan fingerprint density at radius 1 is 1.23 bits per heavy atom. The first kappa shape index (κ1) is 10.0. The zero-order chi connectivity index (χ0) is 10.1. The van der Waals surface area contributed by atoms with E-state index >= 15 is 0 Å². The predicted octanol–water partition coefficient (Wildman–Crippen LogP) is 3.41. The second kappa shape index (κ2) is 3.36. The molecule has 0 amide bonds. The Kier molecular flexibility index (Phi) is 2.59. The fourth-order valence-corrected chi connectivity index (χ4v) is 1.01. The van der Waals surface area contributed by atoms with Gasteiger partial charge in [-0.15, -0.1) is 0 Å². The van der Waals surface area contributed by atoms with Gasteiger partial charge in [0.1, 0.15) is 5.82 Å². The van der Waals surface area contributed by atoms with Crippen molar-refractivity contribution in [2.45, 2.75) is 19.5 Å². The maximum atomic E-state index is 12.8. The lowest BCUT2D eigenvalue weighted by Crippen LogP contribution is -2.08. The van der Waals surface area contributed by atoms with Gasteiger partial charge in [0.25, 0.3) is 0 Å². The molecule has 0 N–H and O–H groups in total. The van der Waals surface area contributed by atoms with Crippen molar-refractivity contribution < 1.29 is 17.6 Å². The Bertz CT molecular complexity index is 301. The van der Waals surface area contributed by atoms with Crippen LogP contribution in [-0.4, -0.2) is 0 Å². The summed E-state index contributed by atoms with van der Waals surface area (Å²) < 4.78 is 48.9. The van der Waals surface area contributed by atoms with Crippen LogP contribution in [-0.2, 0) is 12.6 Å². The van der Waals surface area contributed by atoms with E-state index in [1.807, 2.05) is 0 Å². The lowest BCUT2D eigenvalue weighted by atomic mass is 10.1. The zero-order valence-corrected chi connectivity index (χ0v) is 6.95. The van der Waals surface area contributed by atoms with Gasteiger partial charge in [-0.05, 0) is 24.1 Å². The molecule has 0 fully saturated rings. The van der Waals surface area contributed by atoms with E-state index in [1.54, 1.807) is 6.92 Å². The number of aryl methyl sites for hydroxylation is 1. The fraction of sp³-hybridized carbons (Fsp3) is 0.333. The quantitative estimate of drug-likeness (QED) is 0.598. The zero-order valence-electron chi connectivity index (χ0n) is 6.95. The van der Waals surface area contributed by atoms with Crippen molar-refractivity contribution in [3.05, 3.63) is 35.1 Å². The summed E-state index contributed by atoms with van der Waals surface area (Å²) in [6, 6.07) is 2.98. The number of halogens is 4. The Morgan fingerprint density at radius 2 is 1.85 bits per heavy atom. The van der Waals surface area contributed by atoms with Gasteiger partial charge in [0, 0.05) is 0 Å². The average molecular weight is 192 g/mol. The van der Waals surface area contributed by atoms with Gasteiger partial charge in [-0.3, -0.25) is 0 Å². The van der Waals surface area contributed by atoms with Crippen LogP contribution in [0.5, 0.6) is 0 Å². The first-order valence-electron chi connectivity index (χ1n) is 3.80. The number of benzene rings is 1. The summed E-state index contributed by atoms with van der Waals surface area (Å²) in [4.78, 5) is 0. The van der Waals surface area contributed by atoms with Crippen molar-refractivity contribution in [3.63, 3.8) is 0 Å². The minimum absolute atomic E-state index is 0.523. The van der Waals surface area contributed by atoms with E-state index in [1.165, 1.54) is 6.07 Å². The molecule has 0 unspecified atom stereocenters. The molecule has 0 saturated heterocycles. The maximum Gasteiger partial charge on any atom is 0.419 e. The average Bonchev–Trinajstić information content (AvgIpc) is 2.01. The van der Waals surface area contributed by atoms with E-state index < -0.39 is 17.6 Å². The summed E-state index contributed by atoms with van der Waals surface area (Å²) in [7, 11) is 0. The fourth-order valence-electron chi connectivity index (χ4n) is 1.01. The maximum absolute atomic E-state index is 12.8. The van der Waals surface area contributed by atoms with Gasteiger partial charge in [0.15, 0.2) is 0 Å². The third kappa shape index (κ3) is 2.20. The lowest BCUT2D eigenvalue weighted by Gasteiger charge is -2.08. The molecule has 0 nitrogen and oxygen atoms in total. The number of rotatable bonds is 1. The molecule has 0 aliphatic heterocycles. The van der Waals surface area contributed by atoms with Crippen LogP contribution in [0, 0.1) is 5.82 Å². The van der Waals surface area contributed by atoms with Crippen molar-refractivity contribution in [2.75, 3.05) is 0 Å². The summed E-state index contributed by atoms with van der Waals surface area (Å²) in [5, 5.41) is 0. The molecular formula is C9H8F4. The monoisotopic (exact) mass is 192 g/mol. The van der Waals surface area contributed by atoms with E-state index in [-0.39, 0.29) is 0 Å². The summed E-state index contributed by atoms with van der Waals surface area (Å²) >= 11 is 0. The van der Waals surface area contributed by atoms with Gasteiger partial charge >= 0.3 is 6.18 Å². The standard InChI is InChI=1S/C9H8F4/c1-2-6-3-4-7(8(10)5-6)9(11,12)13/h3-5H,2H2,1H3. The topological polar surface area (TPSA) is 0 Å². The minimum atomic E-state index is -4.60. The molecule has 0 aromatic heterocycles. The molecule has 0 heterocycles. The Morgan fingerprint density at radius 3 is 2.23 bits per heavy atom. The summed E-state index contributed by atoms with van der Waals surface area (Å²) in [6.45, 7) is 1.75. The van der Waals surface area contributed by atoms with E-state index in [9.17, 15) is 17.6 Å². The predicted molar refractivity (Wildman–Crippen MR) is 40.8 cm³/mol. The molecule has 0 bridgehead atoms. The lowest BCUT2D eigenvalue weighted by molar-refractivity contribution is -0.140. The second-order valence-corrected chi connectivity index (χ2v) is 2.67. The van der Waals surface area contributed by atoms with Crippen LogP contribution in [0.3, 0.4) is 0 Å². The number of hydrogen-bond acceptors (Lipinski definition) is 0. The largest absolute Gasteiger partial charge is 0.419 e. The van der Waals surface area contributed by atoms with E-state index in [0.29, 0.717) is 12.0 Å². The van der Waals surface area contributed by atoms with Gasteiger partial charge in [-0.25, -0.2) is 4.39 Å². The Hall–Kier alpha value is -1.06. The molecule has 0 radical (unpaired) electrons. The van der Waals surface area contributed by atoms with Crippen LogP contribution < -0.4 is 0 Å². The summed E-state index contributed by atoms with van der Waals surface area (Å²) in [6.07, 6.45) is -4.08. The third-order valence-electron chi connectivity index (χ3n) is 1.75. The minimum Gasteiger partial charge on any atom is -0.206 e. The highest BCUT2D eigenvalue weighted by Gasteiger charge is 2.33. The molecule has 0 saturated carbocycles. The molecule has 4 heteroatoms. The van der Waals surface area contributed by atoms with Crippen LogP contribution >= 0.6 is 0 Å². The van der Waals surface area contributed by atoms with Gasteiger partial charge < -0.3 is 0 Å². The normalized spacial score (nSPS) is 11.8. The molecule has 1 aromatic carbocycles. The van der Waals surface area contributed by atoms with Gasteiger partial charge in [-0.2, -0.15) is 13.2 Å². The molecule has 0 aliphatic carbocycles. The van der Waals surface area contributed by atoms with E-state index in [0.717, 1.165) is 12.1 Å². The summed E-state index contributed by atoms with van der Waals surface area (Å²) in [5.41, 5.74) is -0.643. The third-order valence-corrected chi connectivity index (χ3v) is 1.75. The first-order valence-corrected chi connectivity index (χ1v) is 3.80. The smallest absolute Gasteiger partial charge is 0.206 e.